The zero-order valence-electron chi connectivity index (χ0n) is 13.9. The molecule has 0 saturated heterocycles. The Morgan fingerprint density at radius 3 is 2.62 bits per heavy atom. The molecule has 3 aromatic heterocycles. The topological polar surface area (TPSA) is 100 Å². The highest BCUT2D eigenvalue weighted by molar-refractivity contribution is 5.91. The number of nitrogens with two attached hydrogens (primary N) is 2. The van der Waals surface area contributed by atoms with E-state index in [0.717, 1.165) is 33.5 Å². The van der Waals surface area contributed by atoms with Crippen LogP contribution in [0.15, 0.2) is 30.5 Å². The van der Waals surface area contributed by atoms with Gasteiger partial charge in [-0.1, -0.05) is 6.07 Å². The highest BCUT2D eigenvalue weighted by Gasteiger charge is 2.15. The van der Waals surface area contributed by atoms with Gasteiger partial charge >= 0.3 is 0 Å². The summed E-state index contributed by atoms with van der Waals surface area (Å²) in [5.41, 5.74) is 16.6. The lowest BCUT2D eigenvalue weighted by molar-refractivity contribution is 0.600. The van der Waals surface area contributed by atoms with Crippen LogP contribution in [0.5, 0.6) is 0 Å². The molecule has 4 rings (SSSR count). The number of hydrogen-bond donors (Lipinski definition) is 2. The van der Waals surface area contributed by atoms with Gasteiger partial charge in [-0.3, -0.25) is 0 Å². The zero-order valence-corrected chi connectivity index (χ0v) is 13.9. The number of aryl methyl sites for hydroxylation is 1. The van der Waals surface area contributed by atoms with E-state index in [0.29, 0.717) is 11.9 Å². The van der Waals surface area contributed by atoms with E-state index in [-0.39, 0.29) is 5.95 Å². The second kappa shape index (κ2) is 4.95. The van der Waals surface area contributed by atoms with Crippen LogP contribution in [0.4, 0.5) is 11.8 Å². The lowest BCUT2D eigenvalue weighted by atomic mass is 10.1. The number of hydrogen-bond acceptors (Lipinski definition) is 5. The van der Waals surface area contributed by atoms with E-state index < -0.39 is 0 Å². The van der Waals surface area contributed by atoms with Gasteiger partial charge in [0.15, 0.2) is 5.82 Å². The third-order valence-electron chi connectivity index (χ3n) is 4.25. The van der Waals surface area contributed by atoms with E-state index in [2.05, 4.69) is 39.5 Å². The quantitative estimate of drug-likeness (QED) is 0.591. The van der Waals surface area contributed by atoms with Crippen LogP contribution in [-0.2, 0) is 0 Å². The molecule has 4 N–H and O–H groups in total. The molecule has 0 saturated carbocycles. The summed E-state index contributed by atoms with van der Waals surface area (Å²) in [7, 11) is 0. The first-order valence-corrected chi connectivity index (χ1v) is 7.85. The van der Waals surface area contributed by atoms with Crippen LogP contribution in [0.3, 0.4) is 0 Å². The summed E-state index contributed by atoms with van der Waals surface area (Å²) in [4.78, 5) is 8.72. The van der Waals surface area contributed by atoms with Gasteiger partial charge in [0.05, 0.1) is 11.0 Å². The first-order valence-electron chi connectivity index (χ1n) is 7.85. The standard InChI is InChI=1S/C17H19N7/c1-9(2)24-10(3)20-13-5-4-11(8-14(13)24)12-6-7-23-15(12)16(18)21-17(19)22-23/h4-9H,1-3H3,(H4,18,19,21,22). The van der Waals surface area contributed by atoms with E-state index in [4.69, 9.17) is 11.5 Å². The summed E-state index contributed by atoms with van der Waals surface area (Å²) in [6.45, 7) is 6.34. The Balaban J connectivity index is 1.99. The molecule has 0 bridgehead atoms. The van der Waals surface area contributed by atoms with E-state index >= 15 is 0 Å². The summed E-state index contributed by atoms with van der Waals surface area (Å²) in [6.07, 6.45) is 1.84. The normalized spacial score (nSPS) is 11.8. The van der Waals surface area contributed by atoms with Crippen molar-refractivity contribution in [1.29, 1.82) is 0 Å². The van der Waals surface area contributed by atoms with E-state index in [1.165, 1.54) is 0 Å². The molecule has 122 valence electrons. The van der Waals surface area contributed by atoms with Crippen LogP contribution in [0.25, 0.3) is 27.7 Å². The second-order valence-electron chi connectivity index (χ2n) is 6.20. The number of fused-ring (bicyclic) bond motifs is 2. The van der Waals surface area contributed by atoms with Crippen LogP contribution in [-0.4, -0.2) is 24.1 Å². The number of imidazole rings is 1. The average molecular weight is 321 g/mol. The minimum atomic E-state index is 0.158. The fourth-order valence-corrected chi connectivity index (χ4v) is 3.34. The van der Waals surface area contributed by atoms with Crippen molar-refractivity contribution in [3.8, 4) is 11.1 Å². The molecule has 0 aliphatic heterocycles. The predicted molar refractivity (Wildman–Crippen MR) is 95.7 cm³/mol. The van der Waals surface area contributed by atoms with Crippen molar-refractivity contribution < 1.29 is 0 Å². The Hall–Kier alpha value is -3.09. The van der Waals surface area contributed by atoms with Gasteiger partial charge in [0, 0.05) is 17.8 Å². The van der Waals surface area contributed by atoms with Crippen molar-refractivity contribution in [1.82, 2.24) is 24.1 Å². The minimum Gasteiger partial charge on any atom is -0.382 e. The lowest BCUT2D eigenvalue weighted by Gasteiger charge is -2.11. The number of anilines is 2. The Labute approximate surface area is 138 Å². The first-order chi connectivity index (χ1) is 11.5. The van der Waals surface area contributed by atoms with Gasteiger partial charge in [-0.2, -0.15) is 4.98 Å². The number of nitrogens with zero attached hydrogens (tertiary/aromatic N) is 5. The number of nitrogen functional groups attached to an aromatic ring is 2. The second-order valence-corrected chi connectivity index (χ2v) is 6.20. The lowest BCUT2D eigenvalue weighted by Crippen LogP contribution is -2.05. The van der Waals surface area contributed by atoms with Gasteiger partial charge in [0.1, 0.15) is 11.3 Å². The Morgan fingerprint density at radius 2 is 1.88 bits per heavy atom. The fourth-order valence-electron chi connectivity index (χ4n) is 3.34. The molecule has 24 heavy (non-hydrogen) atoms. The first kappa shape index (κ1) is 14.5. The summed E-state index contributed by atoms with van der Waals surface area (Å²) in [5.74, 6) is 1.54. The summed E-state index contributed by atoms with van der Waals surface area (Å²) >= 11 is 0. The predicted octanol–water partition coefficient (Wildman–Crippen LogP) is 2.80. The van der Waals surface area contributed by atoms with Crippen molar-refractivity contribution in [2.24, 2.45) is 0 Å². The van der Waals surface area contributed by atoms with Crippen LogP contribution in [0.1, 0.15) is 25.7 Å². The van der Waals surface area contributed by atoms with E-state index in [9.17, 15) is 0 Å². The van der Waals surface area contributed by atoms with Gasteiger partial charge in [0.25, 0.3) is 0 Å². The molecule has 0 radical (unpaired) electrons. The third-order valence-corrected chi connectivity index (χ3v) is 4.25. The highest BCUT2D eigenvalue weighted by Crippen LogP contribution is 2.32. The number of aromatic nitrogens is 5. The molecule has 0 fully saturated rings. The third kappa shape index (κ3) is 2.01. The highest BCUT2D eigenvalue weighted by atomic mass is 15.3. The molecule has 0 aliphatic rings. The van der Waals surface area contributed by atoms with Crippen LogP contribution in [0, 0.1) is 6.92 Å². The summed E-state index contributed by atoms with van der Waals surface area (Å²) in [5, 5.41) is 4.18. The summed E-state index contributed by atoms with van der Waals surface area (Å²) in [6, 6.07) is 8.54. The maximum Gasteiger partial charge on any atom is 0.240 e. The number of rotatable bonds is 2. The average Bonchev–Trinajstić information content (AvgIpc) is 3.06. The maximum atomic E-state index is 6.07. The van der Waals surface area contributed by atoms with Crippen molar-refractivity contribution in [2.45, 2.75) is 26.8 Å². The van der Waals surface area contributed by atoms with Gasteiger partial charge in [-0.25, -0.2) is 9.50 Å². The molecule has 1 aromatic carbocycles. The molecule has 0 atom stereocenters. The van der Waals surface area contributed by atoms with Crippen molar-refractivity contribution in [3.05, 3.63) is 36.3 Å². The van der Waals surface area contributed by atoms with Gasteiger partial charge in [0.2, 0.25) is 5.95 Å². The largest absolute Gasteiger partial charge is 0.382 e. The molecule has 0 spiro atoms. The SMILES string of the molecule is Cc1nc2ccc(-c3ccn4nc(N)nc(N)c34)cc2n1C(C)C. The van der Waals surface area contributed by atoms with Crippen molar-refractivity contribution in [3.63, 3.8) is 0 Å². The zero-order chi connectivity index (χ0) is 17.0. The monoisotopic (exact) mass is 321 g/mol. The fraction of sp³-hybridized carbons (Fsp3) is 0.235. The molecule has 4 aromatic rings. The molecular weight excluding hydrogens is 302 g/mol. The molecule has 0 amide bonds. The Bertz CT molecular complexity index is 1070. The molecule has 7 heteroatoms. The Morgan fingerprint density at radius 1 is 1.08 bits per heavy atom. The Kier molecular flexibility index (Phi) is 2.99. The van der Waals surface area contributed by atoms with E-state index in [1.807, 2.05) is 31.3 Å². The molecule has 7 nitrogen and oxygen atoms in total. The maximum absolute atomic E-state index is 6.07. The smallest absolute Gasteiger partial charge is 0.240 e. The van der Waals surface area contributed by atoms with Crippen molar-refractivity contribution >= 4 is 28.3 Å². The van der Waals surface area contributed by atoms with E-state index in [1.54, 1.807) is 4.52 Å². The molecule has 3 heterocycles. The summed E-state index contributed by atoms with van der Waals surface area (Å²) < 4.78 is 3.90. The molecular formula is C17H19N7. The minimum absolute atomic E-state index is 0.158. The van der Waals surface area contributed by atoms with Gasteiger partial charge in [-0.15, -0.1) is 5.10 Å². The van der Waals surface area contributed by atoms with Crippen molar-refractivity contribution in [2.75, 3.05) is 11.5 Å². The van der Waals surface area contributed by atoms with Crippen LogP contribution >= 0.6 is 0 Å². The molecule has 0 unspecified atom stereocenters. The van der Waals surface area contributed by atoms with Gasteiger partial charge in [-0.05, 0) is 44.5 Å². The number of benzene rings is 1. The van der Waals surface area contributed by atoms with Crippen LogP contribution in [0.2, 0.25) is 0 Å². The van der Waals surface area contributed by atoms with Gasteiger partial charge < -0.3 is 16.0 Å². The van der Waals surface area contributed by atoms with Crippen LogP contribution < -0.4 is 11.5 Å². The molecule has 0 aliphatic carbocycles.